The Kier molecular flexibility index (Phi) is 5.85. The molecule has 2 aromatic heterocycles. The standard InChI is InChI=1S/C22H21N5O2S/c1-3-7-19-24-25-22(30-19)23-21(28)18-14-27(16-8-5-4-6-9-16)26-20(18)15-10-12-17(29-2)13-11-15/h4-6,8-14H,3,7H2,1-2H3,(H,23,25,28). The summed E-state index contributed by atoms with van der Waals surface area (Å²) in [7, 11) is 1.62. The van der Waals surface area contributed by atoms with Crippen molar-refractivity contribution in [2.45, 2.75) is 19.8 Å². The van der Waals surface area contributed by atoms with E-state index in [9.17, 15) is 4.79 Å². The van der Waals surface area contributed by atoms with Crippen LogP contribution in [0.1, 0.15) is 28.7 Å². The Labute approximate surface area is 178 Å². The van der Waals surface area contributed by atoms with E-state index >= 15 is 0 Å². The second-order valence-corrected chi connectivity index (χ2v) is 7.67. The SMILES string of the molecule is CCCc1nnc(NC(=O)c2cn(-c3ccccc3)nc2-c2ccc(OC)cc2)s1. The first-order valence-electron chi connectivity index (χ1n) is 9.61. The van der Waals surface area contributed by atoms with E-state index in [1.807, 2.05) is 54.6 Å². The molecule has 1 amide bonds. The second-order valence-electron chi connectivity index (χ2n) is 6.61. The number of aromatic nitrogens is 4. The second kappa shape index (κ2) is 8.87. The van der Waals surface area contributed by atoms with Crippen molar-refractivity contribution < 1.29 is 9.53 Å². The summed E-state index contributed by atoms with van der Waals surface area (Å²) in [6.07, 6.45) is 3.56. The topological polar surface area (TPSA) is 81.9 Å². The highest BCUT2D eigenvalue weighted by atomic mass is 32.1. The van der Waals surface area contributed by atoms with Gasteiger partial charge in [0.2, 0.25) is 5.13 Å². The van der Waals surface area contributed by atoms with E-state index in [1.165, 1.54) is 11.3 Å². The number of nitrogens with zero attached hydrogens (tertiary/aromatic N) is 4. The minimum absolute atomic E-state index is 0.276. The van der Waals surface area contributed by atoms with E-state index in [0.29, 0.717) is 16.4 Å². The van der Waals surface area contributed by atoms with Gasteiger partial charge in [0.05, 0.1) is 18.4 Å². The summed E-state index contributed by atoms with van der Waals surface area (Å²) in [6, 6.07) is 17.1. The summed E-state index contributed by atoms with van der Waals surface area (Å²) in [5.74, 6) is 0.465. The lowest BCUT2D eigenvalue weighted by Crippen LogP contribution is -2.12. The molecule has 0 atom stereocenters. The molecule has 8 heteroatoms. The maximum Gasteiger partial charge on any atom is 0.261 e. The molecule has 0 aliphatic carbocycles. The van der Waals surface area contributed by atoms with Crippen LogP contribution >= 0.6 is 11.3 Å². The third-order valence-electron chi connectivity index (χ3n) is 4.49. The number of hydrogen-bond acceptors (Lipinski definition) is 6. The van der Waals surface area contributed by atoms with Gasteiger partial charge in [-0.25, -0.2) is 4.68 Å². The fourth-order valence-corrected chi connectivity index (χ4v) is 3.84. The number of aryl methyl sites for hydroxylation is 1. The first-order chi connectivity index (χ1) is 14.7. The van der Waals surface area contributed by atoms with E-state index < -0.39 is 0 Å². The number of anilines is 1. The number of para-hydroxylation sites is 1. The lowest BCUT2D eigenvalue weighted by Gasteiger charge is -2.04. The molecule has 0 saturated heterocycles. The highest BCUT2D eigenvalue weighted by molar-refractivity contribution is 7.15. The van der Waals surface area contributed by atoms with Crippen LogP contribution in [-0.4, -0.2) is 33.0 Å². The van der Waals surface area contributed by atoms with E-state index in [2.05, 4.69) is 27.5 Å². The first-order valence-corrected chi connectivity index (χ1v) is 10.4. The Morgan fingerprint density at radius 1 is 1.10 bits per heavy atom. The highest BCUT2D eigenvalue weighted by Gasteiger charge is 2.20. The van der Waals surface area contributed by atoms with E-state index in [1.54, 1.807) is 18.0 Å². The Bertz CT molecular complexity index is 1140. The number of rotatable bonds is 7. The van der Waals surface area contributed by atoms with Crippen molar-refractivity contribution in [3.05, 3.63) is 71.4 Å². The molecular formula is C22H21N5O2S. The van der Waals surface area contributed by atoms with Gasteiger partial charge in [-0.1, -0.05) is 36.5 Å². The van der Waals surface area contributed by atoms with Crippen LogP contribution in [0.25, 0.3) is 16.9 Å². The van der Waals surface area contributed by atoms with Crippen LogP contribution in [0.3, 0.4) is 0 Å². The van der Waals surface area contributed by atoms with Crippen LogP contribution in [0.5, 0.6) is 5.75 Å². The highest BCUT2D eigenvalue weighted by Crippen LogP contribution is 2.27. The van der Waals surface area contributed by atoms with Gasteiger partial charge in [0.15, 0.2) is 0 Å². The normalized spacial score (nSPS) is 10.7. The van der Waals surface area contributed by atoms with Crippen LogP contribution in [0.2, 0.25) is 0 Å². The van der Waals surface area contributed by atoms with Crippen molar-refractivity contribution in [3.63, 3.8) is 0 Å². The largest absolute Gasteiger partial charge is 0.497 e. The summed E-state index contributed by atoms with van der Waals surface area (Å²) >= 11 is 1.39. The number of amides is 1. The molecule has 0 bridgehead atoms. The molecular weight excluding hydrogens is 398 g/mol. The number of benzene rings is 2. The number of carbonyl (C=O) groups excluding carboxylic acids is 1. The van der Waals surface area contributed by atoms with Gasteiger partial charge in [0.1, 0.15) is 16.5 Å². The molecule has 0 aliphatic heterocycles. The number of hydrogen-bond donors (Lipinski definition) is 1. The average molecular weight is 420 g/mol. The van der Waals surface area contributed by atoms with Crippen molar-refractivity contribution in [1.29, 1.82) is 0 Å². The van der Waals surface area contributed by atoms with Gasteiger partial charge in [-0.3, -0.25) is 10.1 Å². The lowest BCUT2D eigenvalue weighted by atomic mass is 10.1. The Hall–Kier alpha value is -3.52. The molecule has 152 valence electrons. The molecule has 30 heavy (non-hydrogen) atoms. The predicted molar refractivity (Wildman–Crippen MR) is 117 cm³/mol. The third kappa shape index (κ3) is 4.23. The van der Waals surface area contributed by atoms with Gasteiger partial charge < -0.3 is 4.74 Å². The molecule has 0 aliphatic rings. The average Bonchev–Trinajstić information content (AvgIpc) is 3.42. The minimum Gasteiger partial charge on any atom is -0.497 e. The smallest absolute Gasteiger partial charge is 0.261 e. The van der Waals surface area contributed by atoms with Crippen molar-refractivity contribution in [2.24, 2.45) is 0 Å². The van der Waals surface area contributed by atoms with E-state index in [4.69, 9.17) is 4.74 Å². The summed E-state index contributed by atoms with van der Waals surface area (Å²) < 4.78 is 6.95. The fourth-order valence-electron chi connectivity index (χ4n) is 3.00. The molecule has 0 spiro atoms. The number of nitrogens with one attached hydrogen (secondary N) is 1. The molecule has 0 fully saturated rings. The first kappa shape index (κ1) is 19.8. The minimum atomic E-state index is -0.276. The van der Waals surface area contributed by atoms with E-state index in [0.717, 1.165) is 34.8 Å². The maximum atomic E-state index is 13.1. The van der Waals surface area contributed by atoms with Crippen LogP contribution in [-0.2, 0) is 6.42 Å². The molecule has 0 saturated carbocycles. The molecule has 2 heterocycles. The number of ether oxygens (including phenoxy) is 1. The zero-order valence-electron chi connectivity index (χ0n) is 16.7. The zero-order valence-corrected chi connectivity index (χ0v) is 17.5. The van der Waals surface area contributed by atoms with Crippen molar-refractivity contribution >= 4 is 22.4 Å². The van der Waals surface area contributed by atoms with Crippen molar-refractivity contribution in [3.8, 4) is 22.7 Å². The summed E-state index contributed by atoms with van der Waals surface area (Å²) in [6.45, 7) is 2.08. The van der Waals surface area contributed by atoms with Crippen molar-refractivity contribution in [1.82, 2.24) is 20.0 Å². The Balaban J connectivity index is 1.70. The van der Waals surface area contributed by atoms with Gasteiger partial charge in [-0.2, -0.15) is 5.10 Å². The van der Waals surface area contributed by atoms with Crippen molar-refractivity contribution in [2.75, 3.05) is 12.4 Å². The van der Waals surface area contributed by atoms with Crippen LogP contribution in [0, 0.1) is 0 Å². The number of carbonyl (C=O) groups is 1. The summed E-state index contributed by atoms with van der Waals surface area (Å²) in [5, 5.41) is 17.1. The molecule has 4 aromatic rings. The fraction of sp³-hybridized carbons (Fsp3) is 0.182. The van der Waals surface area contributed by atoms with Gasteiger partial charge in [-0.15, -0.1) is 10.2 Å². The zero-order chi connectivity index (χ0) is 20.9. The molecule has 7 nitrogen and oxygen atoms in total. The summed E-state index contributed by atoms with van der Waals surface area (Å²) in [4.78, 5) is 13.1. The number of methoxy groups -OCH3 is 1. The monoisotopic (exact) mass is 419 g/mol. The summed E-state index contributed by atoms with van der Waals surface area (Å²) in [5.41, 5.74) is 2.72. The molecule has 1 N–H and O–H groups in total. The van der Waals surface area contributed by atoms with Gasteiger partial charge >= 0.3 is 0 Å². The van der Waals surface area contributed by atoms with E-state index in [-0.39, 0.29) is 5.91 Å². The predicted octanol–water partition coefficient (Wildman–Crippen LogP) is 4.60. The van der Waals surface area contributed by atoms with Gasteiger partial charge in [0.25, 0.3) is 5.91 Å². The van der Waals surface area contributed by atoms with Crippen LogP contribution in [0.4, 0.5) is 5.13 Å². The lowest BCUT2D eigenvalue weighted by molar-refractivity contribution is 0.102. The van der Waals surface area contributed by atoms with Gasteiger partial charge in [-0.05, 0) is 42.8 Å². The van der Waals surface area contributed by atoms with Crippen LogP contribution < -0.4 is 10.1 Å². The maximum absolute atomic E-state index is 13.1. The Morgan fingerprint density at radius 2 is 1.87 bits per heavy atom. The quantitative estimate of drug-likeness (QED) is 0.473. The molecule has 0 radical (unpaired) electrons. The van der Waals surface area contributed by atoms with Crippen LogP contribution in [0.15, 0.2) is 60.8 Å². The molecule has 4 rings (SSSR count). The molecule has 2 aromatic carbocycles. The Morgan fingerprint density at radius 3 is 2.57 bits per heavy atom. The molecule has 0 unspecified atom stereocenters. The van der Waals surface area contributed by atoms with Gasteiger partial charge in [0, 0.05) is 18.2 Å². The third-order valence-corrected chi connectivity index (χ3v) is 5.39.